The molecule has 0 saturated heterocycles. The van der Waals surface area contributed by atoms with Gasteiger partial charge in [-0.2, -0.15) is 13.2 Å². The fourth-order valence-corrected chi connectivity index (χ4v) is 2.66. The molecular formula is C10H10Br2F3NO. The third kappa shape index (κ3) is 3.59. The van der Waals surface area contributed by atoms with Gasteiger partial charge < -0.3 is 10.5 Å². The van der Waals surface area contributed by atoms with Crippen LogP contribution in [-0.2, 0) is 0 Å². The van der Waals surface area contributed by atoms with E-state index in [9.17, 15) is 13.2 Å². The van der Waals surface area contributed by atoms with Crippen LogP contribution in [0.4, 0.5) is 13.2 Å². The van der Waals surface area contributed by atoms with Crippen molar-refractivity contribution in [2.45, 2.75) is 19.1 Å². The predicted molar refractivity (Wildman–Crippen MR) is 66.0 cm³/mol. The lowest BCUT2D eigenvalue weighted by molar-refractivity contribution is -0.149. The molecule has 0 radical (unpaired) electrons. The van der Waals surface area contributed by atoms with E-state index >= 15 is 0 Å². The molecule has 2 nitrogen and oxygen atoms in total. The normalized spacial score (nSPS) is 13.6. The zero-order valence-electron chi connectivity index (χ0n) is 8.81. The van der Waals surface area contributed by atoms with Crippen LogP contribution >= 0.6 is 31.9 Å². The second-order valence-corrected chi connectivity index (χ2v) is 5.03. The van der Waals surface area contributed by atoms with Crippen LogP contribution in [0.2, 0.25) is 0 Å². The summed E-state index contributed by atoms with van der Waals surface area (Å²) in [4.78, 5) is 0. The van der Waals surface area contributed by atoms with Gasteiger partial charge in [0.2, 0.25) is 0 Å². The molecule has 96 valence electrons. The zero-order chi connectivity index (χ0) is 13.2. The van der Waals surface area contributed by atoms with E-state index in [1.807, 2.05) is 0 Å². The Morgan fingerprint density at radius 3 is 2.41 bits per heavy atom. The topological polar surface area (TPSA) is 35.2 Å². The fourth-order valence-electron chi connectivity index (χ4n) is 1.28. The summed E-state index contributed by atoms with van der Waals surface area (Å²) < 4.78 is 43.9. The first kappa shape index (κ1) is 14.8. The van der Waals surface area contributed by atoms with Crippen molar-refractivity contribution in [2.24, 2.45) is 5.73 Å². The lowest BCUT2D eigenvalue weighted by Crippen LogP contribution is -2.29. The monoisotopic (exact) mass is 375 g/mol. The van der Waals surface area contributed by atoms with Gasteiger partial charge in [0, 0.05) is 10.0 Å². The van der Waals surface area contributed by atoms with Crippen LogP contribution < -0.4 is 10.5 Å². The van der Waals surface area contributed by atoms with Gasteiger partial charge in [-0.1, -0.05) is 15.9 Å². The summed E-state index contributed by atoms with van der Waals surface area (Å²) >= 11 is 6.28. The largest absolute Gasteiger partial charge is 0.492 e. The maximum atomic E-state index is 12.6. The minimum atomic E-state index is -4.51. The second-order valence-electron chi connectivity index (χ2n) is 3.26. The van der Waals surface area contributed by atoms with E-state index in [1.165, 1.54) is 6.07 Å². The average molecular weight is 377 g/mol. The number of halogens is 5. The molecule has 17 heavy (non-hydrogen) atoms. The molecule has 2 N–H and O–H groups in total. The molecule has 1 aromatic carbocycles. The van der Waals surface area contributed by atoms with Gasteiger partial charge in [0.15, 0.2) is 0 Å². The maximum absolute atomic E-state index is 12.6. The molecule has 0 spiro atoms. The number of rotatable bonds is 3. The third-order valence-electron chi connectivity index (χ3n) is 2.01. The summed E-state index contributed by atoms with van der Waals surface area (Å²) in [6, 6.07) is 0.851. The lowest BCUT2D eigenvalue weighted by Gasteiger charge is -2.20. The van der Waals surface area contributed by atoms with E-state index in [4.69, 9.17) is 10.5 Å². The SMILES string of the molecule is CCOc1c(Br)cc(Br)cc1[C@@H](N)C(F)(F)F. The van der Waals surface area contributed by atoms with Gasteiger partial charge in [-0.3, -0.25) is 0 Å². The van der Waals surface area contributed by atoms with Crippen molar-refractivity contribution in [3.05, 3.63) is 26.6 Å². The highest BCUT2D eigenvalue weighted by Crippen LogP contribution is 2.41. The highest BCUT2D eigenvalue weighted by atomic mass is 79.9. The van der Waals surface area contributed by atoms with Crippen LogP contribution in [0, 0.1) is 0 Å². The van der Waals surface area contributed by atoms with Crippen molar-refractivity contribution in [1.29, 1.82) is 0 Å². The van der Waals surface area contributed by atoms with Crippen LogP contribution in [0.1, 0.15) is 18.5 Å². The highest BCUT2D eigenvalue weighted by molar-refractivity contribution is 9.11. The number of ether oxygens (including phenoxy) is 1. The van der Waals surface area contributed by atoms with Gasteiger partial charge in [0.05, 0.1) is 11.1 Å². The van der Waals surface area contributed by atoms with Crippen LogP contribution in [0.3, 0.4) is 0 Å². The molecule has 0 aliphatic carbocycles. The Balaban J connectivity index is 3.29. The molecule has 0 heterocycles. The molecule has 7 heteroatoms. The minimum absolute atomic E-state index is 0.0967. The number of hydrogen-bond donors (Lipinski definition) is 1. The number of alkyl halides is 3. The van der Waals surface area contributed by atoms with Gasteiger partial charge in [0.25, 0.3) is 0 Å². The quantitative estimate of drug-likeness (QED) is 0.859. The minimum Gasteiger partial charge on any atom is -0.492 e. The smallest absolute Gasteiger partial charge is 0.407 e. The molecule has 1 atom stereocenters. The van der Waals surface area contributed by atoms with Gasteiger partial charge in [0.1, 0.15) is 11.8 Å². The third-order valence-corrected chi connectivity index (χ3v) is 3.06. The van der Waals surface area contributed by atoms with Crippen LogP contribution in [0.5, 0.6) is 5.75 Å². The molecule has 0 fully saturated rings. The van der Waals surface area contributed by atoms with Crippen molar-refractivity contribution in [1.82, 2.24) is 0 Å². The van der Waals surface area contributed by atoms with Crippen molar-refractivity contribution >= 4 is 31.9 Å². The van der Waals surface area contributed by atoms with Crippen LogP contribution in [0.25, 0.3) is 0 Å². The van der Waals surface area contributed by atoms with Crippen molar-refractivity contribution in [3.8, 4) is 5.75 Å². The van der Waals surface area contributed by atoms with Crippen LogP contribution in [0.15, 0.2) is 21.1 Å². The van der Waals surface area contributed by atoms with Crippen molar-refractivity contribution in [2.75, 3.05) is 6.61 Å². The van der Waals surface area contributed by atoms with E-state index in [-0.39, 0.29) is 17.9 Å². The molecule has 1 aromatic rings. The highest BCUT2D eigenvalue weighted by Gasteiger charge is 2.40. The second kappa shape index (κ2) is 5.58. The average Bonchev–Trinajstić information content (AvgIpc) is 2.19. The van der Waals surface area contributed by atoms with Gasteiger partial charge >= 0.3 is 6.18 Å². The molecule has 0 aromatic heterocycles. The predicted octanol–water partition coefficient (Wildman–Crippen LogP) is 4.17. The molecule has 0 aliphatic heterocycles. The Kier molecular flexibility index (Phi) is 4.86. The Bertz CT molecular complexity index is 409. The molecule has 0 bridgehead atoms. The Labute approximate surface area is 114 Å². The van der Waals surface area contributed by atoms with Crippen molar-refractivity contribution in [3.63, 3.8) is 0 Å². The van der Waals surface area contributed by atoms with Gasteiger partial charge in [-0.15, -0.1) is 0 Å². The first-order chi connectivity index (χ1) is 7.77. The Morgan fingerprint density at radius 2 is 1.94 bits per heavy atom. The van der Waals surface area contributed by atoms with Crippen molar-refractivity contribution < 1.29 is 17.9 Å². The van der Waals surface area contributed by atoms with E-state index in [0.29, 0.717) is 8.95 Å². The lowest BCUT2D eigenvalue weighted by atomic mass is 10.1. The molecule has 0 aliphatic rings. The first-order valence-corrected chi connectivity index (χ1v) is 6.30. The molecule has 1 rings (SSSR count). The molecule has 0 amide bonds. The van der Waals surface area contributed by atoms with Gasteiger partial charge in [-0.05, 0) is 35.0 Å². The number of nitrogens with two attached hydrogens (primary N) is 1. The molecule has 0 unspecified atom stereocenters. The summed E-state index contributed by atoms with van der Waals surface area (Å²) in [5.41, 5.74) is 5.10. The van der Waals surface area contributed by atoms with E-state index in [2.05, 4.69) is 31.9 Å². The first-order valence-electron chi connectivity index (χ1n) is 4.71. The fraction of sp³-hybridized carbons (Fsp3) is 0.400. The van der Waals surface area contributed by atoms with Crippen LogP contribution in [-0.4, -0.2) is 12.8 Å². The van der Waals surface area contributed by atoms with Gasteiger partial charge in [-0.25, -0.2) is 0 Å². The Hall–Kier alpha value is -0.270. The number of hydrogen-bond acceptors (Lipinski definition) is 2. The maximum Gasteiger partial charge on any atom is 0.407 e. The zero-order valence-corrected chi connectivity index (χ0v) is 12.0. The summed E-state index contributed by atoms with van der Waals surface area (Å²) in [7, 11) is 0. The van der Waals surface area contributed by atoms with E-state index < -0.39 is 12.2 Å². The summed E-state index contributed by atoms with van der Waals surface area (Å²) in [6.07, 6.45) is -4.51. The van der Waals surface area contributed by atoms with E-state index in [0.717, 1.165) is 0 Å². The summed E-state index contributed by atoms with van der Waals surface area (Å²) in [5, 5.41) is 0. The molecule has 0 saturated carbocycles. The standard InChI is InChI=1S/C10H10Br2F3NO/c1-2-17-8-6(9(16)10(13,14)15)3-5(11)4-7(8)12/h3-4,9H,2,16H2,1H3/t9-/m1/s1. The summed E-state index contributed by atoms with van der Waals surface area (Å²) in [5.74, 6) is 0.125. The Morgan fingerprint density at radius 1 is 1.35 bits per heavy atom. The van der Waals surface area contributed by atoms with E-state index in [1.54, 1.807) is 13.0 Å². The number of benzene rings is 1. The molecular weight excluding hydrogens is 367 g/mol. The summed E-state index contributed by atoms with van der Waals surface area (Å²) in [6.45, 7) is 1.95.